The van der Waals surface area contributed by atoms with E-state index in [1.165, 1.54) is 42.5 Å². The Hall–Kier alpha value is -1.76. The zero-order chi connectivity index (χ0) is 18.7. The number of halogens is 2. The molecular weight excluding hydrogens is 395 g/mol. The van der Waals surface area contributed by atoms with Crippen molar-refractivity contribution < 1.29 is 13.2 Å². The fourth-order valence-corrected chi connectivity index (χ4v) is 4.37. The van der Waals surface area contributed by atoms with E-state index in [1.807, 2.05) is 0 Å². The second-order valence-electron chi connectivity index (χ2n) is 6.21. The van der Waals surface area contributed by atoms with Crippen LogP contribution in [-0.4, -0.2) is 20.4 Å². The van der Waals surface area contributed by atoms with Crippen LogP contribution in [0.25, 0.3) is 0 Å². The Morgan fingerprint density at radius 1 is 1.00 bits per heavy atom. The van der Waals surface area contributed by atoms with Crippen LogP contribution in [-0.2, 0) is 10.0 Å². The number of carbonyl (C=O) groups is 1. The second kappa shape index (κ2) is 7.86. The molecule has 8 heteroatoms. The van der Waals surface area contributed by atoms with Crippen LogP contribution < -0.4 is 10.0 Å². The monoisotopic (exact) mass is 412 g/mol. The Kier molecular flexibility index (Phi) is 5.75. The molecule has 1 amide bonds. The van der Waals surface area contributed by atoms with Gasteiger partial charge in [-0.25, -0.2) is 8.42 Å². The number of hydrogen-bond acceptors (Lipinski definition) is 3. The fourth-order valence-electron chi connectivity index (χ4n) is 2.92. The van der Waals surface area contributed by atoms with Gasteiger partial charge in [0.15, 0.2) is 0 Å². The van der Waals surface area contributed by atoms with E-state index < -0.39 is 10.0 Å². The molecular formula is C18H18Cl2N2O3S. The van der Waals surface area contributed by atoms with Crippen LogP contribution in [0.2, 0.25) is 10.0 Å². The summed E-state index contributed by atoms with van der Waals surface area (Å²) < 4.78 is 27.2. The maximum atomic E-state index is 12.4. The van der Waals surface area contributed by atoms with Gasteiger partial charge >= 0.3 is 0 Å². The molecule has 0 atom stereocenters. The van der Waals surface area contributed by atoms with Gasteiger partial charge in [0.1, 0.15) is 0 Å². The third kappa shape index (κ3) is 4.50. The lowest BCUT2D eigenvalue weighted by Gasteiger charge is -2.14. The molecule has 3 rings (SSSR count). The Balaban J connectivity index is 1.74. The van der Waals surface area contributed by atoms with Crippen LogP contribution >= 0.6 is 23.2 Å². The fraction of sp³-hybridized carbons (Fsp3) is 0.278. The summed E-state index contributed by atoms with van der Waals surface area (Å²) >= 11 is 12.0. The van der Waals surface area contributed by atoms with Gasteiger partial charge in [0.25, 0.3) is 15.9 Å². The maximum Gasteiger partial charge on any atom is 0.261 e. The average Bonchev–Trinajstić information content (AvgIpc) is 3.07. The molecule has 1 saturated carbocycles. The molecule has 5 nitrogen and oxygen atoms in total. The van der Waals surface area contributed by atoms with E-state index in [0.29, 0.717) is 10.6 Å². The van der Waals surface area contributed by atoms with Gasteiger partial charge in [0.2, 0.25) is 0 Å². The van der Waals surface area contributed by atoms with Crippen molar-refractivity contribution in [2.45, 2.75) is 36.6 Å². The summed E-state index contributed by atoms with van der Waals surface area (Å²) in [5.74, 6) is -0.242. The first-order valence-electron chi connectivity index (χ1n) is 8.24. The molecule has 1 aliphatic carbocycles. The van der Waals surface area contributed by atoms with E-state index in [-0.39, 0.29) is 27.6 Å². The van der Waals surface area contributed by atoms with Gasteiger partial charge in [-0.1, -0.05) is 36.0 Å². The van der Waals surface area contributed by atoms with Crippen molar-refractivity contribution in [2.24, 2.45) is 0 Å². The standard InChI is InChI=1S/C18H18Cl2N2O3S/c19-12-5-8-15(9-6-12)26(24,25)22-14-7-10-16(17(20)11-14)18(23)21-13-3-1-2-4-13/h5-11,13,22H,1-4H2,(H,21,23). The van der Waals surface area contributed by atoms with Crippen LogP contribution in [0.1, 0.15) is 36.0 Å². The van der Waals surface area contributed by atoms with Crippen molar-refractivity contribution in [1.82, 2.24) is 5.32 Å². The van der Waals surface area contributed by atoms with E-state index in [9.17, 15) is 13.2 Å². The lowest BCUT2D eigenvalue weighted by molar-refractivity contribution is 0.0938. The minimum Gasteiger partial charge on any atom is -0.349 e. The number of rotatable bonds is 5. The molecule has 2 aromatic carbocycles. The summed E-state index contributed by atoms with van der Waals surface area (Å²) in [4.78, 5) is 12.4. The molecule has 2 aromatic rings. The summed E-state index contributed by atoms with van der Waals surface area (Å²) in [7, 11) is -3.77. The normalized spacial score (nSPS) is 15.0. The number of amides is 1. The SMILES string of the molecule is O=C(NC1CCCC1)c1ccc(NS(=O)(=O)c2ccc(Cl)cc2)cc1Cl. The molecule has 0 spiro atoms. The third-order valence-electron chi connectivity index (χ3n) is 4.28. The molecule has 1 aliphatic rings. The number of nitrogens with one attached hydrogen (secondary N) is 2. The zero-order valence-corrected chi connectivity index (χ0v) is 16.2. The number of carbonyl (C=O) groups excluding carboxylic acids is 1. The second-order valence-corrected chi connectivity index (χ2v) is 8.73. The number of sulfonamides is 1. The van der Waals surface area contributed by atoms with Crippen LogP contribution in [0.15, 0.2) is 47.4 Å². The van der Waals surface area contributed by atoms with Crippen LogP contribution in [0.5, 0.6) is 0 Å². The predicted octanol–water partition coefficient (Wildman–Crippen LogP) is 4.47. The van der Waals surface area contributed by atoms with Gasteiger partial charge in [-0.3, -0.25) is 9.52 Å². The molecule has 0 aromatic heterocycles. The van der Waals surface area contributed by atoms with Crippen molar-refractivity contribution in [3.63, 3.8) is 0 Å². The van der Waals surface area contributed by atoms with Gasteiger partial charge in [-0.05, 0) is 55.3 Å². The van der Waals surface area contributed by atoms with Gasteiger partial charge in [-0.2, -0.15) is 0 Å². The van der Waals surface area contributed by atoms with E-state index in [4.69, 9.17) is 23.2 Å². The average molecular weight is 413 g/mol. The van der Waals surface area contributed by atoms with Crippen LogP contribution in [0, 0.1) is 0 Å². The largest absolute Gasteiger partial charge is 0.349 e. The van der Waals surface area contributed by atoms with E-state index in [1.54, 1.807) is 0 Å². The smallest absolute Gasteiger partial charge is 0.261 e. The Morgan fingerprint density at radius 3 is 2.27 bits per heavy atom. The molecule has 2 N–H and O–H groups in total. The van der Waals surface area contributed by atoms with Crippen molar-refractivity contribution in [3.05, 3.63) is 58.1 Å². The number of anilines is 1. The Labute approximate surface area is 162 Å². The topological polar surface area (TPSA) is 75.3 Å². The first-order chi connectivity index (χ1) is 12.3. The van der Waals surface area contributed by atoms with Crippen molar-refractivity contribution in [3.8, 4) is 0 Å². The molecule has 0 unspecified atom stereocenters. The summed E-state index contributed by atoms with van der Waals surface area (Å²) in [6, 6.07) is 10.5. The number of hydrogen-bond donors (Lipinski definition) is 2. The van der Waals surface area contributed by atoms with Gasteiger partial charge in [0.05, 0.1) is 21.2 Å². The molecule has 138 valence electrons. The van der Waals surface area contributed by atoms with Crippen LogP contribution in [0.3, 0.4) is 0 Å². The lowest BCUT2D eigenvalue weighted by Crippen LogP contribution is -2.32. The predicted molar refractivity (Wildman–Crippen MR) is 103 cm³/mol. The molecule has 0 heterocycles. The molecule has 0 bridgehead atoms. The van der Waals surface area contributed by atoms with Gasteiger partial charge < -0.3 is 5.32 Å². The highest BCUT2D eigenvalue weighted by atomic mass is 35.5. The van der Waals surface area contributed by atoms with Gasteiger partial charge in [0, 0.05) is 11.1 Å². The molecule has 1 fully saturated rings. The van der Waals surface area contributed by atoms with Gasteiger partial charge in [-0.15, -0.1) is 0 Å². The van der Waals surface area contributed by atoms with E-state index >= 15 is 0 Å². The zero-order valence-electron chi connectivity index (χ0n) is 13.8. The first kappa shape index (κ1) is 19.0. The minimum absolute atomic E-state index is 0.0843. The van der Waals surface area contributed by atoms with Crippen molar-refractivity contribution in [1.29, 1.82) is 0 Å². The Bertz CT molecular complexity index is 909. The third-order valence-corrected chi connectivity index (χ3v) is 6.24. The summed E-state index contributed by atoms with van der Waals surface area (Å²) in [5.41, 5.74) is 0.607. The first-order valence-corrected chi connectivity index (χ1v) is 10.5. The quantitative estimate of drug-likeness (QED) is 0.760. The highest BCUT2D eigenvalue weighted by Crippen LogP contribution is 2.25. The minimum atomic E-state index is -3.77. The maximum absolute atomic E-state index is 12.4. The van der Waals surface area contributed by atoms with E-state index in [0.717, 1.165) is 25.7 Å². The highest BCUT2D eigenvalue weighted by Gasteiger charge is 2.20. The molecule has 0 aliphatic heterocycles. The lowest BCUT2D eigenvalue weighted by atomic mass is 10.1. The highest BCUT2D eigenvalue weighted by molar-refractivity contribution is 7.92. The van der Waals surface area contributed by atoms with Crippen molar-refractivity contribution in [2.75, 3.05) is 4.72 Å². The summed E-state index contributed by atoms with van der Waals surface area (Å²) in [6.07, 6.45) is 4.18. The van der Waals surface area contributed by atoms with Crippen LogP contribution in [0.4, 0.5) is 5.69 Å². The molecule has 26 heavy (non-hydrogen) atoms. The van der Waals surface area contributed by atoms with Crippen molar-refractivity contribution >= 4 is 44.8 Å². The Morgan fingerprint density at radius 2 is 1.65 bits per heavy atom. The summed E-state index contributed by atoms with van der Waals surface area (Å²) in [5, 5.41) is 3.60. The summed E-state index contributed by atoms with van der Waals surface area (Å²) in [6.45, 7) is 0. The van der Waals surface area contributed by atoms with E-state index in [2.05, 4.69) is 10.0 Å². The number of benzene rings is 2. The molecule has 0 saturated heterocycles. The molecule has 0 radical (unpaired) electrons.